The fourth-order valence-corrected chi connectivity index (χ4v) is 3.64. The number of rotatable bonds is 4. The van der Waals surface area contributed by atoms with E-state index in [4.69, 9.17) is 4.74 Å². The van der Waals surface area contributed by atoms with Crippen LogP contribution in [0.1, 0.15) is 31.2 Å². The maximum absolute atomic E-state index is 12.3. The maximum Gasteiger partial charge on any atom is 0.222 e. The van der Waals surface area contributed by atoms with Crippen molar-refractivity contribution in [1.29, 1.82) is 0 Å². The minimum Gasteiger partial charge on any atom is -0.497 e. The Bertz CT molecular complexity index is 456. The summed E-state index contributed by atoms with van der Waals surface area (Å²) in [6.45, 7) is 2.01. The largest absolute Gasteiger partial charge is 0.497 e. The van der Waals surface area contributed by atoms with Crippen molar-refractivity contribution in [3.63, 3.8) is 0 Å². The van der Waals surface area contributed by atoms with Crippen molar-refractivity contribution in [2.75, 3.05) is 20.2 Å². The van der Waals surface area contributed by atoms with Crippen LogP contribution >= 0.6 is 0 Å². The molecule has 2 unspecified atom stereocenters. The predicted octanol–water partition coefficient (Wildman–Crippen LogP) is 2.89. The standard InChI is InChI=1S/C17H23NO2/c1-20-16-8-5-13(6-9-16)7-10-17(19)18-11-14-3-2-4-15(14)12-18/h5-6,8-9,14-15H,2-4,7,10-12H2,1H3. The van der Waals surface area contributed by atoms with Crippen LogP contribution in [0.5, 0.6) is 5.75 Å². The third-order valence-electron chi connectivity index (χ3n) is 4.87. The van der Waals surface area contributed by atoms with Crippen molar-refractivity contribution in [3.8, 4) is 5.75 Å². The molecule has 1 aliphatic heterocycles. The van der Waals surface area contributed by atoms with E-state index in [9.17, 15) is 4.79 Å². The lowest BCUT2D eigenvalue weighted by Gasteiger charge is -2.17. The fourth-order valence-electron chi connectivity index (χ4n) is 3.64. The van der Waals surface area contributed by atoms with Gasteiger partial charge in [0.15, 0.2) is 0 Å². The number of hydrogen-bond acceptors (Lipinski definition) is 2. The molecule has 1 aromatic rings. The smallest absolute Gasteiger partial charge is 0.222 e. The predicted molar refractivity (Wildman–Crippen MR) is 78.7 cm³/mol. The molecule has 0 bridgehead atoms. The SMILES string of the molecule is COc1ccc(CCC(=O)N2CC3CCCC3C2)cc1. The first kappa shape index (κ1) is 13.5. The number of amides is 1. The van der Waals surface area contributed by atoms with Gasteiger partial charge in [-0.15, -0.1) is 0 Å². The molecular formula is C17H23NO2. The van der Waals surface area contributed by atoms with Gasteiger partial charge in [-0.05, 0) is 48.8 Å². The van der Waals surface area contributed by atoms with Crippen LogP contribution in [0.2, 0.25) is 0 Å². The van der Waals surface area contributed by atoms with Crippen LogP contribution in [0.15, 0.2) is 24.3 Å². The van der Waals surface area contributed by atoms with Crippen molar-refractivity contribution in [1.82, 2.24) is 4.90 Å². The number of carbonyl (C=O) groups is 1. The molecule has 1 amide bonds. The first-order valence-electron chi connectivity index (χ1n) is 7.67. The first-order valence-corrected chi connectivity index (χ1v) is 7.67. The highest BCUT2D eigenvalue weighted by Crippen LogP contribution is 2.37. The molecule has 1 heterocycles. The van der Waals surface area contributed by atoms with E-state index in [1.54, 1.807) is 7.11 Å². The van der Waals surface area contributed by atoms with Gasteiger partial charge in [0.1, 0.15) is 5.75 Å². The van der Waals surface area contributed by atoms with Crippen LogP contribution in [0.4, 0.5) is 0 Å². The second kappa shape index (κ2) is 5.86. The monoisotopic (exact) mass is 273 g/mol. The molecular weight excluding hydrogens is 250 g/mol. The molecule has 2 atom stereocenters. The molecule has 1 saturated heterocycles. The van der Waals surface area contributed by atoms with Gasteiger partial charge in [0.05, 0.1) is 7.11 Å². The Kier molecular flexibility index (Phi) is 3.95. The van der Waals surface area contributed by atoms with Gasteiger partial charge in [0.25, 0.3) is 0 Å². The third-order valence-corrected chi connectivity index (χ3v) is 4.87. The molecule has 2 fully saturated rings. The second-order valence-corrected chi connectivity index (χ2v) is 6.10. The lowest BCUT2D eigenvalue weighted by molar-refractivity contribution is -0.130. The number of fused-ring (bicyclic) bond motifs is 1. The summed E-state index contributed by atoms with van der Waals surface area (Å²) >= 11 is 0. The highest BCUT2D eigenvalue weighted by atomic mass is 16.5. The Labute approximate surface area is 120 Å². The van der Waals surface area contributed by atoms with Crippen LogP contribution in [0.3, 0.4) is 0 Å². The number of benzene rings is 1. The van der Waals surface area contributed by atoms with Gasteiger partial charge in [-0.25, -0.2) is 0 Å². The summed E-state index contributed by atoms with van der Waals surface area (Å²) in [6.07, 6.45) is 5.48. The molecule has 2 aliphatic rings. The Balaban J connectivity index is 1.49. The zero-order valence-electron chi connectivity index (χ0n) is 12.2. The number of aryl methyl sites for hydroxylation is 1. The van der Waals surface area contributed by atoms with E-state index in [2.05, 4.69) is 4.90 Å². The van der Waals surface area contributed by atoms with Gasteiger partial charge < -0.3 is 9.64 Å². The van der Waals surface area contributed by atoms with Crippen molar-refractivity contribution >= 4 is 5.91 Å². The highest BCUT2D eigenvalue weighted by Gasteiger charge is 2.37. The molecule has 0 spiro atoms. The van der Waals surface area contributed by atoms with Crippen LogP contribution in [-0.2, 0) is 11.2 Å². The van der Waals surface area contributed by atoms with E-state index in [0.717, 1.165) is 37.1 Å². The molecule has 3 heteroatoms. The molecule has 1 aliphatic carbocycles. The Morgan fingerprint density at radius 1 is 1.20 bits per heavy atom. The van der Waals surface area contributed by atoms with E-state index in [1.165, 1.54) is 24.8 Å². The minimum atomic E-state index is 0.329. The third kappa shape index (κ3) is 2.82. The lowest BCUT2D eigenvalue weighted by Crippen LogP contribution is -2.29. The molecule has 3 nitrogen and oxygen atoms in total. The van der Waals surface area contributed by atoms with Gasteiger partial charge >= 0.3 is 0 Å². The topological polar surface area (TPSA) is 29.5 Å². The lowest BCUT2D eigenvalue weighted by atomic mass is 10.0. The molecule has 0 N–H and O–H groups in total. The van der Waals surface area contributed by atoms with Gasteiger partial charge in [-0.1, -0.05) is 18.6 Å². The molecule has 3 rings (SSSR count). The van der Waals surface area contributed by atoms with Crippen LogP contribution in [-0.4, -0.2) is 31.0 Å². The van der Waals surface area contributed by atoms with Gasteiger partial charge in [0, 0.05) is 19.5 Å². The summed E-state index contributed by atoms with van der Waals surface area (Å²) in [7, 11) is 1.67. The quantitative estimate of drug-likeness (QED) is 0.844. The summed E-state index contributed by atoms with van der Waals surface area (Å²) in [6, 6.07) is 8.01. The average Bonchev–Trinajstić information content (AvgIpc) is 3.06. The highest BCUT2D eigenvalue weighted by molar-refractivity contribution is 5.76. The molecule has 1 aromatic carbocycles. The first-order chi connectivity index (χ1) is 9.76. The van der Waals surface area contributed by atoms with Crippen molar-refractivity contribution in [2.45, 2.75) is 32.1 Å². The summed E-state index contributed by atoms with van der Waals surface area (Å²) in [4.78, 5) is 14.4. The number of carbonyl (C=O) groups excluding carboxylic acids is 1. The summed E-state index contributed by atoms with van der Waals surface area (Å²) < 4.78 is 5.14. The number of hydrogen-bond donors (Lipinski definition) is 0. The fraction of sp³-hybridized carbons (Fsp3) is 0.588. The Morgan fingerprint density at radius 3 is 2.45 bits per heavy atom. The van der Waals surface area contributed by atoms with Gasteiger partial charge in [-0.2, -0.15) is 0 Å². The average molecular weight is 273 g/mol. The summed E-state index contributed by atoms with van der Waals surface area (Å²) in [5, 5.41) is 0. The maximum atomic E-state index is 12.3. The Hall–Kier alpha value is -1.51. The molecule has 1 saturated carbocycles. The van der Waals surface area contributed by atoms with E-state index in [0.29, 0.717) is 12.3 Å². The number of methoxy groups -OCH3 is 1. The number of likely N-dealkylation sites (tertiary alicyclic amines) is 1. The van der Waals surface area contributed by atoms with Gasteiger partial charge in [0.2, 0.25) is 5.91 Å². The summed E-state index contributed by atoms with van der Waals surface area (Å²) in [5.41, 5.74) is 1.21. The molecule has 0 radical (unpaired) electrons. The second-order valence-electron chi connectivity index (χ2n) is 6.10. The molecule has 20 heavy (non-hydrogen) atoms. The van der Waals surface area contributed by atoms with Crippen molar-refractivity contribution < 1.29 is 9.53 Å². The normalized spacial score (nSPS) is 24.8. The molecule has 108 valence electrons. The van der Waals surface area contributed by atoms with Crippen molar-refractivity contribution in [2.24, 2.45) is 11.8 Å². The zero-order chi connectivity index (χ0) is 13.9. The number of ether oxygens (including phenoxy) is 1. The van der Waals surface area contributed by atoms with Crippen LogP contribution < -0.4 is 4.74 Å². The zero-order valence-corrected chi connectivity index (χ0v) is 12.2. The Morgan fingerprint density at radius 2 is 1.85 bits per heavy atom. The van der Waals surface area contributed by atoms with E-state index in [-0.39, 0.29) is 0 Å². The van der Waals surface area contributed by atoms with E-state index >= 15 is 0 Å². The van der Waals surface area contributed by atoms with Crippen LogP contribution in [0, 0.1) is 11.8 Å². The molecule has 0 aromatic heterocycles. The number of nitrogens with zero attached hydrogens (tertiary/aromatic N) is 1. The minimum absolute atomic E-state index is 0.329. The van der Waals surface area contributed by atoms with Crippen molar-refractivity contribution in [3.05, 3.63) is 29.8 Å². The summed E-state index contributed by atoms with van der Waals surface area (Å²) in [5.74, 6) is 2.78. The van der Waals surface area contributed by atoms with Crippen LogP contribution in [0.25, 0.3) is 0 Å². The van der Waals surface area contributed by atoms with E-state index in [1.807, 2.05) is 24.3 Å². The van der Waals surface area contributed by atoms with E-state index < -0.39 is 0 Å². The van der Waals surface area contributed by atoms with Gasteiger partial charge in [-0.3, -0.25) is 4.79 Å².